The van der Waals surface area contributed by atoms with Crippen LogP contribution in [0.5, 0.6) is 0 Å². The predicted octanol–water partition coefficient (Wildman–Crippen LogP) is -1.52. The third-order valence-electron chi connectivity index (χ3n) is 0. The molecule has 0 aromatic carbocycles. The molecule has 4 heavy (non-hydrogen) atoms. The molecule has 0 amide bonds. The summed E-state index contributed by atoms with van der Waals surface area (Å²) in [5.41, 5.74) is 0. The zero-order valence-electron chi connectivity index (χ0n) is 6.71. The van der Waals surface area contributed by atoms with Crippen LogP contribution in [-0.4, -0.2) is 10.1 Å². The van der Waals surface area contributed by atoms with E-state index in [-0.39, 0.29) is 36.1 Å². The van der Waals surface area contributed by atoms with Gasteiger partial charge in [0.1, 0.15) is 0 Å². The van der Waals surface area contributed by atoms with Crippen molar-refractivity contribution in [3.63, 3.8) is 0 Å². The Hall–Kier alpha value is 0.766. The monoisotopic (exact) mass is 53.1 g/mol. The zero-order valence-corrected chi connectivity index (χ0v) is 3.71. The van der Waals surface area contributed by atoms with Gasteiger partial charge in [-0.1, -0.05) is 13.8 Å². The fraction of sp³-hybridized carbons (Fsp3) is 1.00. The van der Waals surface area contributed by atoms with Crippen molar-refractivity contribution >= 4 is 10.1 Å². The molecule has 2 heteroatoms. The molecule has 0 aliphatic heterocycles. The summed E-state index contributed by atoms with van der Waals surface area (Å²) in [4.78, 5) is 0. The Balaban J connectivity index is -0.000000000238. The summed E-state index contributed by atoms with van der Waals surface area (Å²) in [6, 6.07) is 0. The van der Waals surface area contributed by atoms with Crippen LogP contribution in [0.2, 0.25) is 0 Å². The molecule has 24 valence electrons. The van der Waals surface area contributed by atoms with Gasteiger partial charge < -0.3 is 4.28 Å². The topological polar surface area (TPSA) is 0 Å². The molecule has 0 rings (SSSR count). The van der Waals surface area contributed by atoms with Crippen LogP contribution in [-0.2, 0) is 0 Å². The van der Waals surface area contributed by atoms with E-state index in [4.69, 9.17) is 0 Å². The largest absolute Gasteiger partial charge is 2.00 e. The van der Waals surface area contributed by atoms with Crippen molar-refractivity contribution in [1.82, 2.24) is 0 Å². The molecule has 0 aromatic heterocycles. The molecule has 0 nitrogen and oxygen atoms in total. The minimum Gasteiger partial charge on any atom is -1.00 e. The summed E-state index contributed by atoms with van der Waals surface area (Å²) in [7, 11) is 0. The van der Waals surface area contributed by atoms with Crippen LogP contribution in [0.15, 0.2) is 0 Å². The summed E-state index contributed by atoms with van der Waals surface area (Å²) < 4.78 is 0. The molecule has 0 radical (unpaired) electrons. The number of rotatable bonds is 0. The van der Waals surface area contributed by atoms with Crippen LogP contribution in [0.25, 0.3) is 0 Å². The van der Waals surface area contributed by atoms with Crippen molar-refractivity contribution in [2.75, 3.05) is 0 Å². The van der Waals surface area contributed by atoms with E-state index in [1.807, 2.05) is 13.8 Å². The molecule has 0 bridgehead atoms. The van der Waals surface area contributed by atoms with Gasteiger partial charge in [-0.05, 0) is 0 Å². The zero-order chi connectivity index (χ0) is 2.00. The SMILES string of the molecule is CC.[Be+2].[H-].[H-].[H-].[HH].[HH].[Li+]. The summed E-state index contributed by atoms with van der Waals surface area (Å²) in [6.07, 6.45) is 0. The average Bonchev–Trinajstić information content (AvgIpc) is 1.00. The van der Waals surface area contributed by atoms with Crippen molar-refractivity contribution in [3.8, 4) is 0 Å². The first-order valence-electron chi connectivity index (χ1n) is 1.00. The summed E-state index contributed by atoms with van der Waals surface area (Å²) in [6.45, 7) is 4.00. The predicted molar refractivity (Wildman–Crippen MR) is 24.7 cm³/mol. The van der Waals surface area contributed by atoms with Crippen LogP contribution in [0.3, 0.4) is 0 Å². The van der Waals surface area contributed by atoms with Crippen LogP contribution in [0, 0.1) is 0 Å². The van der Waals surface area contributed by atoms with Crippen LogP contribution < -0.4 is 18.9 Å². The Bertz CT molecular complexity index is 14.9. The Labute approximate surface area is 50.8 Å². The number of hydrogen-bond donors (Lipinski definition) is 0. The van der Waals surface area contributed by atoms with Crippen LogP contribution in [0.4, 0.5) is 0 Å². The fourth-order valence-corrected chi connectivity index (χ4v) is 0. The second-order valence-corrected chi connectivity index (χ2v) is 0. The van der Waals surface area contributed by atoms with Crippen molar-refractivity contribution in [1.29, 1.82) is 0 Å². The first-order chi connectivity index (χ1) is 1.00. The van der Waals surface area contributed by atoms with Crippen LogP contribution in [0.1, 0.15) is 21.0 Å². The third-order valence-corrected chi connectivity index (χ3v) is 0. The molecule has 0 N–H and O–H groups in total. The number of hydrogen-bond acceptors (Lipinski definition) is 0. The van der Waals surface area contributed by atoms with Gasteiger partial charge in [0.15, 0.2) is 0 Å². The molecule has 0 aliphatic rings. The summed E-state index contributed by atoms with van der Waals surface area (Å²) in [5, 5.41) is 0. The van der Waals surface area contributed by atoms with Crippen molar-refractivity contribution in [3.05, 3.63) is 0 Å². The molecular weight excluding hydrogens is 40.0 g/mol. The van der Waals surface area contributed by atoms with Gasteiger partial charge in [-0.2, -0.15) is 0 Å². The van der Waals surface area contributed by atoms with E-state index in [1.165, 1.54) is 0 Å². The van der Waals surface area contributed by atoms with Crippen LogP contribution >= 0.6 is 0 Å². The second kappa shape index (κ2) is 49.1. The quantitative estimate of drug-likeness (QED) is 0.294. The Morgan fingerprint density at radius 1 is 1.50 bits per heavy atom. The van der Waals surface area contributed by atoms with E-state index < -0.39 is 0 Å². The summed E-state index contributed by atoms with van der Waals surface area (Å²) >= 11 is 0. The molecule has 0 saturated heterocycles. The maximum absolute atomic E-state index is 2.00. The molecule has 0 unspecified atom stereocenters. The van der Waals surface area contributed by atoms with Gasteiger partial charge in [0.05, 0.1) is 0 Å². The van der Waals surface area contributed by atoms with E-state index in [0.29, 0.717) is 0 Å². The van der Waals surface area contributed by atoms with Crippen molar-refractivity contribution in [2.45, 2.75) is 13.8 Å². The first-order valence-corrected chi connectivity index (χ1v) is 1.00. The van der Waals surface area contributed by atoms with Gasteiger partial charge in [0.2, 0.25) is 0 Å². The fourth-order valence-electron chi connectivity index (χ4n) is 0. The van der Waals surface area contributed by atoms with Gasteiger partial charge in [-0.25, -0.2) is 0 Å². The normalized spacial score (nSPS) is 1.50. The minimum atomic E-state index is 0. The maximum Gasteiger partial charge on any atom is 2.00 e. The van der Waals surface area contributed by atoms with E-state index in [9.17, 15) is 0 Å². The molecule has 0 fully saturated rings. The Kier molecular flexibility index (Phi) is 266. The van der Waals surface area contributed by atoms with E-state index >= 15 is 0 Å². The van der Waals surface area contributed by atoms with Gasteiger partial charge in [-0.3, -0.25) is 0 Å². The molecular formula is C2H13BeLi. The average molecular weight is 53.1 g/mol. The maximum atomic E-state index is 2.00. The van der Waals surface area contributed by atoms with E-state index in [0.717, 1.165) is 0 Å². The standard InChI is InChI=1S/C2H6.Be.Li.2H2.3H/c1-2;;;;;;;/h1-2H3;;;2*1H;;;/q;+2;+1;;;3*-1. The molecule has 0 spiro atoms. The molecule has 0 aliphatic carbocycles. The summed E-state index contributed by atoms with van der Waals surface area (Å²) in [5.74, 6) is 0. The Morgan fingerprint density at radius 2 is 1.50 bits per heavy atom. The molecule has 0 heterocycles. The second-order valence-electron chi connectivity index (χ2n) is 0. The van der Waals surface area contributed by atoms with Gasteiger partial charge in [0, 0.05) is 2.85 Å². The van der Waals surface area contributed by atoms with Crippen molar-refractivity contribution in [2.24, 2.45) is 0 Å². The van der Waals surface area contributed by atoms with Crippen molar-refractivity contribution < 1.29 is 26.0 Å². The van der Waals surface area contributed by atoms with Gasteiger partial charge in [-0.15, -0.1) is 0 Å². The van der Waals surface area contributed by atoms with E-state index in [2.05, 4.69) is 0 Å². The van der Waals surface area contributed by atoms with Gasteiger partial charge >= 0.3 is 29.0 Å². The smallest absolute Gasteiger partial charge is 1.00 e. The van der Waals surface area contributed by atoms with E-state index in [1.54, 1.807) is 0 Å². The molecule has 0 aromatic rings. The molecule has 0 saturated carbocycles. The molecule has 0 atom stereocenters. The van der Waals surface area contributed by atoms with Gasteiger partial charge in [0.25, 0.3) is 0 Å². The first kappa shape index (κ1) is 21.7. The third kappa shape index (κ3) is 14.7. The Morgan fingerprint density at radius 3 is 1.50 bits per heavy atom. The minimum absolute atomic E-state index is 0.